The molecule has 0 aliphatic heterocycles. The molecule has 0 bridgehead atoms. The molecule has 3 heterocycles. The highest BCUT2D eigenvalue weighted by molar-refractivity contribution is 7.26. The number of rotatable bonds is 2. The minimum atomic E-state index is 0.690. The molecule has 0 aliphatic carbocycles. The lowest BCUT2D eigenvalue weighted by Gasteiger charge is -2.13. The van der Waals surface area contributed by atoms with Crippen LogP contribution in [0.3, 0.4) is 0 Å². The molecule has 4 heteroatoms. The van der Waals surface area contributed by atoms with E-state index in [1.54, 1.807) is 11.3 Å². The molecule has 0 unspecified atom stereocenters. The minimum absolute atomic E-state index is 0.690. The van der Waals surface area contributed by atoms with Crippen LogP contribution >= 0.6 is 11.3 Å². The molecule has 0 atom stereocenters. The van der Waals surface area contributed by atoms with Gasteiger partial charge in [0.1, 0.15) is 0 Å². The van der Waals surface area contributed by atoms with E-state index in [4.69, 9.17) is 9.97 Å². The molecule has 0 saturated carbocycles. The zero-order valence-electron chi connectivity index (χ0n) is 23.5. The van der Waals surface area contributed by atoms with Crippen LogP contribution in [0.25, 0.3) is 91.6 Å². The lowest BCUT2D eigenvalue weighted by molar-refractivity contribution is 1.02. The van der Waals surface area contributed by atoms with Gasteiger partial charge in [-0.2, -0.15) is 0 Å². The smallest absolute Gasteiger partial charge is 0.235 e. The van der Waals surface area contributed by atoms with Crippen LogP contribution in [0, 0.1) is 0 Å². The summed E-state index contributed by atoms with van der Waals surface area (Å²) in [5, 5.41) is 11.2. The van der Waals surface area contributed by atoms with Gasteiger partial charge in [-0.1, -0.05) is 121 Å². The predicted molar refractivity (Wildman–Crippen MR) is 187 cm³/mol. The van der Waals surface area contributed by atoms with Crippen LogP contribution in [0.4, 0.5) is 0 Å². The maximum Gasteiger partial charge on any atom is 0.235 e. The Balaban J connectivity index is 1.41. The van der Waals surface area contributed by atoms with Crippen LogP contribution in [0.1, 0.15) is 0 Å². The van der Waals surface area contributed by atoms with Crippen LogP contribution in [-0.4, -0.2) is 14.5 Å². The fourth-order valence-corrected chi connectivity index (χ4v) is 8.29. The second-order valence-corrected chi connectivity index (χ2v) is 12.4. The molecule has 0 amide bonds. The third-order valence-electron chi connectivity index (χ3n) is 9.00. The largest absolute Gasteiger partial charge is 0.278 e. The summed E-state index contributed by atoms with van der Waals surface area (Å²) in [7, 11) is 0. The molecule has 0 radical (unpaired) electrons. The van der Waals surface area contributed by atoms with E-state index in [9.17, 15) is 0 Å². The first-order chi connectivity index (χ1) is 21.8. The number of aromatic nitrogens is 3. The Labute approximate surface area is 256 Å². The Morgan fingerprint density at radius 1 is 0.432 bits per heavy atom. The minimum Gasteiger partial charge on any atom is -0.278 e. The summed E-state index contributed by atoms with van der Waals surface area (Å²) in [4.78, 5) is 10.7. The molecule has 3 nitrogen and oxygen atoms in total. The summed E-state index contributed by atoms with van der Waals surface area (Å²) in [5.41, 5.74) is 5.27. The fraction of sp³-hybridized carbons (Fsp3) is 0. The average molecular weight is 578 g/mol. The summed E-state index contributed by atoms with van der Waals surface area (Å²) in [6.45, 7) is 0. The van der Waals surface area contributed by atoms with E-state index in [0.29, 0.717) is 5.95 Å². The third-order valence-corrected chi connectivity index (χ3v) is 10.2. The van der Waals surface area contributed by atoms with Gasteiger partial charge >= 0.3 is 0 Å². The lowest BCUT2D eigenvalue weighted by Crippen LogP contribution is -2.02. The Morgan fingerprint density at radius 3 is 1.80 bits per heavy atom. The number of hydrogen-bond donors (Lipinski definition) is 0. The molecule has 0 N–H and O–H groups in total. The number of para-hydroxylation sites is 1. The molecule has 0 saturated heterocycles. The fourth-order valence-electron chi connectivity index (χ4n) is 7.14. The maximum absolute atomic E-state index is 5.36. The summed E-state index contributed by atoms with van der Waals surface area (Å²) in [5.74, 6) is 0.690. The predicted octanol–water partition coefficient (Wildman–Crippen LogP) is 11.1. The van der Waals surface area contributed by atoms with Crippen molar-refractivity contribution in [1.29, 1.82) is 0 Å². The molecule has 0 fully saturated rings. The summed E-state index contributed by atoms with van der Waals surface area (Å²) >= 11 is 1.77. The van der Waals surface area contributed by atoms with Gasteiger partial charge in [0, 0.05) is 31.8 Å². The average Bonchev–Trinajstić information content (AvgIpc) is 3.64. The van der Waals surface area contributed by atoms with Crippen molar-refractivity contribution in [2.24, 2.45) is 0 Å². The van der Waals surface area contributed by atoms with Crippen LogP contribution in [0.2, 0.25) is 0 Å². The quantitative estimate of drug-likeness (QED) is 0.191. The zero-order chi connectivity index (χ0) is 28.8. The van der Waals surface area contributed by atoms with Crippen molar-refractivity contribution < 1.29 is 0 Å². The first kappa shape index (κ1) is 23.9. The second-order valence-electron chi connectivity index (χ2n) is 11.3. The highest BCUT2D eigenvalue weighted by atomic mass is 32.1. The Kier molecular flexibility index (Phi) is 4.87. The summed E-state index contributed by atoms with van der Waals surface area (Å²) < 4.78 is 4.61. The normalized spacial score (nSPS) is 12.1. The topological polar surface area (TPSA) is 30.7 Å². The Morgan fingerprint density at radius 2 is 1.02 bits per heavy atom. The Hall–Kier alpha value is -5.58. The number of thiophene rings is 1. The van der Waals surface area contributed by atoms with Gasteiger partial charge < -0.3 is 0 Å². The van der Waals surface area contributed by atoms with Gasteiger partial charge in [-0.15, -0.1) is 11.3 Å². The molecular weight excluding hydrogens is 555 g/mol. The van der Waals surface area contributed by atoms with E-state index in [0.717, 1.165) is 37.9 Å². The molecule has 204 valence electrons. The number of hydrogen-bond acceptors (Lipinski definition) is 3. The van der Waals surface area contributed by atoms with Crippen LogP contribution in [0.15, 0.2) is 140 Å². The summed E-state index contributed by atoms with van der Waals surface area (Å²) in [6.07, 6.45) is 0. The molecular formula is C40H23N3S. The number of nitrogens with zero attached hydrogens (tertiary/aromatic N) is 3. The number of benzene rings is 7. The van der Waals surface area contributed by atoms with E-state index in [1.165, 1.54) is 47.8 Å². The van der Waals surface area contributed by atoms with E-state index in [-0.39, 0.29) is 0 Å². The Bertz CT molecular complexity index is 2740. The van der Waals surface area contributed by atoms with E-state index in [1.807, 2.05) is 0 Å². The van der Waals surface area contributed by atoms with Crippen LogP contribution in [-0.2, 0) is 0 Å². The van der Waals surface area contributed by atoms with E-state index < -0.39 is 0 Å². The molecule has 44 heavy (non-hydrogen) atoms. The highest BCUT2D eigenvalue weighted by Crippen LogP contribution is 2.44. The first-order valence-electron chi connectivity index (χ1n) is 14.9. The standard InChI is InChI=1S/C40H23N3S/c1-2-12-24(13-3-1)37-39-38(31-19-9-11-21-34(31)44-39)42-40(41-37)43-32-20-10-8-18-30(32)36-33(43)23-22-29-27-16-5-4-14-25(27)26-15-6-7-17-28(26)35(29)36/h1-23H. The van der Waals surface area contributed by atoms with Gasteiger partial charge in [-0.05, 0) is 45.1 Å². The number of fused-ring (bicyclic) bond motifs is 13. The molecule has 10 aromatic rings. The van der Waals surface area contributed by atoms with Crippen LogP contribution in [0.5, 0.6) is 0 Å². The van der Waals surface area contributed by atoms with Crippen molar-refractivity contribution >= 4 is 85.8 Å². The van der Waals surface area contributed by atoms with Crippen molar-refractivity contribution in [3.05, 3.63) is 140 Å². The van der Waals surface area contributed by atoms with Gasteiger partial charge in [0.15, 0.2) is 0 Å². The van der Waals surface area contributed by atoms with Gasteiger partial charge in [0.05, 0.1) is 26.9 Å². The van der Waals surface area contributed by atoms with Gasteiger partial charge in [0.2, 0.25) is 5.95 Å². The van der Waals surface area contributed by atoms with E-state index >= 15 is 0 Å². The lowest BCUT2D eigenvalue weighted by atomic mass is 9.92. The van der Waals surface area contributed by atoms with Gasteiger partial charge in [0.25, 0.3) is 0 Å². The zero-order valence-corrected chi connectivity index (χ0v) is 24.3. The first-order valence-corrected chi connectivity index (χ1v) is 15.7. The monoisotopic (exact) mass is 577 g/mol. The van der Waals surface area contributed by atoms with Crippen molar-refractivity contribution in [3.63, 3.8) is 0 Å². The van der Waals surface area contributed by atoms with Crippen molar-refractivity contribution in [2.45, 2.75) is 0 Å². The second kappa shape index (κ2) is 8.96. The highest BCUT2D eigenvalue weighted by Gasteiger charge is 2.22. The van der Waals surface area contributed by atoms with Crippen molar-refractivity contribution in [3.8, 4) is 17.2 Å². The van der Waals surface area contributed by atoms with Crippen LogP contribution < -0.4 is 0 Å². The van der Waals surface area contributed by atoms with Gasteiger partial charge in [-0.3, -0.25) is 4.57 Å². The SMILES string of the molecule is c1ccc(-c2nc(-n3c4ccccc4c4c5c6ccccc6c6ccccc6c5ccc43)nc3c2sc2ccccc23)cc1. The maximum atomic E-state index is 5.36. The molecule has 3 aromatic heterocycles. The van der Waals surface area contributed by atoms with Gasteiger partial charge in [-0.25, -0.2) is 9.97 Å². The molecule has 0 aliphatic rings. The van der Waals surface area contributed by atoms with Crippen molar-refractivity contribution in [1.82, 2.24) is 14.5 Å². The third kappa shape index (κ3) is 3.20. The molecule has 7 aromatic carbocycles. The van der Waals surface area contributed by atoms with Crippen molar-refractivity contribution in [2.75, 3.05) is 0 Å². The molecule has 10 rings (SSSR count). The van der Waals surface area contributed by atoms with E-state index in [2.05, 4.69) is 144 Å². The summed E-state index contributed by atoms with van der Waals surface area (Å²) in [6, 6.07) is 49.9. The molecule has 0 spiro atoms.